The Labute approximate surface area is 90.6 Å². The molecule has 1 heterocycles. The largest absolute Gasteiger partial charge is 0.550 e. The molecule has 1 rings (SSSR count). The molecule has 0 saturated carbocycles. The number of amides is 2. The summed E-state index contributed by atoms with van der Waals surface area (Å²) in [6.45, 7) is 0. The first kappa shape index (κ1) is 12.2. The smallest absolute Gasteiger partial charge is 0.230 e. The summed E-state index contributed by atoms with van der Waals surface area (Å²) in [5.74, 6) is -4.30. The van der Waals surface area contributed by atoms with E-state index in [0.29, 0.717) is 4.90 Å². The van der Waals surface area contributed by atoms with Crippen LogP contribution in [0, 0.1) is 0 Å². The maximum absolute atomic E-state index is 11.2. The predicted molar refractivity (Wildman–Crippen MR) is 44.1 cm³/mol. The second kappa shape index (κ2) is 4.73. The molecule has 7 nitrogen and oxygen atoms in total. The lowest BCUT2D eigenvalue weighted by atomic mass is 10.1. The fraction of sp³-hybridized carbons (Fsp3) is 0.556. The molecule has 0 aliphatic carbocycles. The Kier molecular flexibility index (Phi) is 3.60. The van der Waals surface area contributed by atoms with Crippen LogP contribution < -0.4 is 10.2 Å². The highest BCUT2D eigenvalue weighted by atomic mass is 16.4. The number of hydrogen-bond donors (Lipinski definition) is 0. The third-order valence-electron chi connectivity index (χ3n) is 2.30. The van der Waals surface area contributed by atoms with Crippen molar-refractivity contribution in [2.24, 2.45) is 0 Å². The number of carboxylic acids is 2. The van der Waals surface area contributed by atoms with Crippen LogP contribution in [0.3, 0.4) is 0 Å². The van der Waals surface area contributed by atoms with Crippen molar-refractivity contribution in [2.45, 2.75) is 31.7 Å². The molecule has 88 valence electrons. The Hall–Kier alpha value is -1.92. The molecule has 1 aliphatic heterocycles. The van der Waals surface area contributed by atoms with Gasteiger partial charge in [-0.3, -0.25) is 14.5 Å². The third kappa shape index (κ3) is 2.56. The van der Waals surface area contributed by atoms with Gasteiger partial charge >= 0.3 is 0 Å². The number of imide groups is 1. The third-order valence-corrected chi connectivity index (χ3v) is 2.30. The summed E-state index contributed by atoms with van der Waals surface area (Å²) in [6, 6.07) is -1.51. The maximum atomic E-state index is 11.2. The van der Waals surface area contributed by atoms with E-state index < -0.39 is 36.2 Å². The summed E-state index contributed by atoms with van der Waals surface area (Å²) < 4.78 is 0. The van der Waals surface area contributed by atoms with E-state index in [0.717, 1.165) is 0 Å². The number of hydrogen-bond acceptors (Lipinski definition) is 6. The maximum Gasteiger partial charge on any atom is 0.230 e. The van der Waals surface area contributed by atoms with E-state index >= 15 is 0 Å². The van der Waals surface area contributed by atoms with Gasteiger partial charge in [-0.1, -0.05) is 0 Å². The first-order chi connectivity index (χ1) is 7.43. The highest BCUT2D eigenvalue weighted by Crippen LogP contribution is 2.18. The van der Waals surface area contributed by atoms with Gasteiger partial charge < -0.3 is 19.8 Å². The number of carbonyl (C=O) groups is 4. The Balaban J connectivity index is 2.76. The van der Waals surface area contributed by atoms with Gasteiger partial charge in [0.25, 0.3) is 0 Å². The van der Waals surface area contributed by atoms with Crippen molar-refractivity contribution in [1.29, 1.82) is 0 Å². The zero-order chi connectivity index (χ0) is 12.3. The molecule has 0 unspecified atom stereocenters. The summed E-state index contributed by atoms with van der Waals surface area (Å²) in [7, 11) is 0. The molecular formula is C9H9NO6-2. The summed E-state index contributed by atoms with van der Waals surface area (Å²) in [5.41, 5.74) is 0. The van der Waals surface area contributed by atoms with E-state index in [2.05, 4.69) is 0 Å². The highest BCUT2D eigenvalue weighted by molar-refractivity contribution is 6.04. The fourth-order valence-electron chi connectivity index (χ4n) is 1.55. The van der Waals surface area contributed by atoms with Gasteiger partial charge in [0.15, 0.2) is 0 Å². The second-order valence-electron chi connectivity index (χ2n) is 3.40. The normalized spacial score (nSPS) is 17.6. The van der Waals surface area contributed by atoms with E-state index in [1.807, 2.05) is 0 Å². The van der Waals surface area contributed by atoms with Crippen LogP contribution in [0.25, 0.3) is 0 Å². The Morgan fingerprint density at radius 1 is 1.19 bits per heavy atom. The topological polar surface area (TPSA) is 118 Å². The molecule has 0 bridgehead atoms. The molecule has 1 atom stereocenters. The molecule has 1 saturated heterocycles. The molecule has 0 aromatic heterocycles. The Bertz CT molecular complexity index is 334. The van der Waals surface area contributed by atoms with Crippen LogP contribution >= 0.6 is 0 Å². The van der Waals surface area contributed by atoms with E-state index in [-0.39, 0.29) is 19.3 Å². The lowest BCUT2D eigenvalue weighted by Crippen LogP contribution is -2.50. The molecule has 0 N–H and O–H groups in total. The Morgan fingerprint density at radius 2 is 1.69 bits per heavy atom. The highest BCUT2D eigenvalue weighted by Gasteiger charge is 2.35. The molecule has 0 aromatic carbocycles. The van der Waals surface area contributed by atoms with Gasteiger partial charge in [-0.05, 0) is 12.8 Å². The zero-order valence-electron chi connectivity index (χ0n) is 8.30. The van der Waals surface area contributed by atoms with Crippen molar-refractivity contribution in [1.82, 2.24) is 4.90 Å². The Morgan fingerprint density at radius 3 is 2.06 bits per heavy atom. The van der Waals surface area contributed by atoms with Crippen molar-refractivity contribution in [3.8, 4) is 0 Å². The van der Waals surface area contributed by atoms with Gasteiger partial charge in [0.2, 0.25) is 11.8 Å². The standard InChI is InChI=1S/C9H11NO6/c11-6-2-3-7(12)10(6)5(9(15)16)1-4-8(13)14/h5H,1-4H2,(H,13,14)(H,15,16)/p-2/t5-/m0/s1. The van der Waals surface area contributed by atoms with Gasteiger partial charge in [-0.2, -0.15) is 0 Å². The number of rotatable bonds is 5. The van der Waals surface area contributed by atoms with Gasteiger partial charge in [0.05, 0.1) is 12.0 Å². The van der Waals surface area contributed by atoms with Crippen LogP contribution in [-0.4, -0.2) is 34.7 Å². The van der Waals surface area contributed by atoms with Crippen LogP contribution in [-0.2, 0) is 19.2 Å². The number of carbonyl (C=O) groups excluding carboxylic acids is 4. The molecule has 16 heavy (non-hydrogen) atoms. The van der Waals surface area contributed by atoms with Crippen molar-refractivity contribution >= 4 is 23.8 Å². The average molecular weight is 227 g/mol. The molecule has 1 aliphatic rings. The first-order valence-corrected chi connectivity index (χ1v) is 4.69. The van der Waals surface area contributed by atoms with Crippen molar-refractivity contribution < 1.29 is 29.4 Å². The van der Waals surface area contributed by atoms with Crippen LogP contribution in [0.4, 0.5) is 0 Å². The fourth-order valence-corrected chi connectivity index (χ4v) is 1.55. The summed E-state index contributed by atoms with van der Waals surface area (Å²) in [4.78, 5) is 43.9. The molecule has 0 aromatic rings. The molecule has 1 fully saturated rings. The SMILES string of the molecule is O=C([O-])CC[C@@H](C(=O)[O-])N1C(=O)CCC1=O. The minimum absolute atomic E-state index is 0.0477. The molecule has 7 heteroatoms. The van der Waals surface area contributed by atoms with E-state index in [1.54, 1.807) is 0 Å². The number of carboxylic acid groups (broad SMARTS) is 2. The van der Waals surface area contributed by atoms with Gasteiger partial charge in [-0.15, -0.1) is 0 Å². The molecule has 0 spiro atoms. The van der Waals surface area contributed by atoms with Crippen molar-refractivity contribution in [3.05, 3.63) is 0 Å². The summed E-state index contributed by atoms with van der Waals surface area (Å²) in [5, 5.41) is 20.9. The molecular weight excluding hydrogens is 218 g/mol. The average Bonchev–Trinajstić information content (AvgIpc) is 2.48. The summed E-state index contributed by atoms with van der Waals surface area (Å²) >= 11 is 0. The minimum atomic E-state index is -1.63. The van der Waals surface area contributed by atoms with Gasteiger partial charge in [0.1, 0.15) is 0 Å². The lowest BCUT2D eigenvalue weighted by molar-refractivity contribution is -0.312. The van der Waals surface area contributed by atoms with Crippen LogP contribution in [0.5, 0.6) is 0 Å². The van der Waals surface area contributed by atoms with Crippen molar-refractivity contribution in [2.75, 3.05) is 0 Å². The van der Waals surface area contributed by atoms with Gasteiger partial charge in [0, 0.05) is 18.8 Å². The molecule has 0 radical (unpaired) electrons. The van der Waals surface area contributed by atoms with Crippen LogP contribution in [0.15, 0.2) is 0 Å². The molecule has 2 amide bonds. The van der Waals surface area contributed by atoms with Crippen LogP contribution in [0.1, 0.15) is 25.7 Å². The first-order valence-electron chi connectivity index (χ1n) is 4.69. The van der Waals surface area contributed by atoms with Gasteiger partial charge in [-0.25, -0.2) is 0 Å². The monoisotopic (exact) mass is 227 g/mol. The summed E-state index contributed by atoms with van der Waals surface area (Å²) in [6.07, 6.45) is -1.03. The second-order valence-corrected chi connectivity index (χ2v) is 3.40. The quantitative estimate of drug-likeness (QED) is 0.456. The van der Waals surface area contributed by atoms with E-state index in [4.69, 9.17) is 0 Å². The van der Waals surface area contributed by atoms with Crippen LogP contribution in [0.2, 0.25) is 0 Å². The van der Waals surface area contributed by atoms with E-state index in [9.17, 15) is 29.4 Å². The lowest BCUT2D eigenvalue weighted by Gasteiger charge is -2.27. The predicted octanol–water partition coefficient (Wildman–Crippen LogP) is -3.22. The zero-order valence-corrected chi connectivity index (χ0v) is 8.30. The number of likely N-dealkylation sites (tertiary alicyclic amines) is 1. The number of nitrogens with zero attached hydrogens (tertiary/aromatic N) is 1. The van der Waals surface area contributed by atoms with E-state index in [1.165, 1.54) is 0 Å². The minimum Gasteiger partial charge on any atom is -0.550 e. The van der Waals surface area contributed by atoms with Crippen molar-refractivity contribution in [3.63, 3.8) is 0 Å². The number of aliphatic carboxylic acids is 2.